The number of amides is 3. The molecule has 1 aliphatic carbocycles. The SMILES string of the molecule is CCN(CC(=O)NC)C(=O)NC(CC(=O)O)C1CC1. The number of carboxylic acids is 1. The highest BCUT2D eigenvalue weighted by Gasteiger charge is 2.34. The van der Waals surface area contributed by atoms with Crippen LogP contribution in [0.25, 0.3) is 0 Å². The van der Waals surface area contributed by atoms with E-state index in [1.54, 1.807) is 6.92 Å². The van der Waals surface area contributed by atoms with Crippen LogP contribution in [0.3, 0.4) is 0 Å². The van der Waals surface area contributed by atoms with Crippen molar-refractivity contribution in [3.05, 3.63) is 0 Å². The average molecular weight is 271 g/mol. The zero-order valence-electron chi connectivity index (χ0n) is 11.3. The van der Waals surface area contributed by atoms with E-state index in [-0.39, 0.29) is 36.9 Å². The molecule has 3 N–H and O–H groups in total. The Morgan fingerprint density at radius 2 is 2.00 bits per heavy atom. The average Bonchev–Trinajstić information content (AvgIpc) is 3.18. The van der Waals surface area contributed by atoms with E-state index < -0.39 is 5.97 Å². The summed E-state index contributed by atoms with van der Waals surface area (Å²) in [6, 6.07) is -0.729. The summed E-state index contributed by atoms with van der Waals surface area (Å²) >= 11 is 0. The summed E-state index contributed by atoms with van der Waals surface area (Å²) in [5.74, 6) is -0.927. The van der Waals surface area contributed by atoms with Crippen molar-refractivity contribution in [2.24, 2.45) is 5.92 Å². The lowest BCUT2D eigenvalue weighted by Crippen LogP contribution is -2.49. The highest BCUT2D eigenvalue weighted by Crippen LogP contribution is 2.34. The third-order valence-corrected chi connectivity index (χ3v) is 3.18. The van der Waals surface area contributed by atoms with Gasteiger partial charge in [0.05, 0.1) is 6.42 Å². The number of carbonyl (C=O) groups excluding carboxylic acids is 2. The molecular formula is C12H21N3O4. The number of hydrogen-bond acceptors (Lipinski definition) is 3. The standard InChI is InChI=1S/C12H21N3O4/c1-3-15(7-10(16)13-2)12(19)14-9(6-11(17)18)8-4-5-8/h8-9H,3-7H2,1-2H3,(H,13,16)(H,14,19)(H,17,18). The molecule has 1 saturated carbocycles. The zero-order valence-corrected chi connectivity index (χ0v) is 11.3. The van der Waals surface area contributed by atoms with Gasteiger partial charge in [-0.15, -0.1) is 0 Å². The number of rotatable bonds is 7. The quantitative estimate of drug-likeness (QED) is 0.607. The topological polar surface area (TPSA) is 98.7 Å². The number of carbonyl (C=O) groups is 3. The van der Waals surface area contributed by atoms with Crippen LogP contribution in [0.15, 0.2) is 0 Å². The van der Waals surface area contributed by atoms with Gasteiger partial charge in [-0.1, -0.05) is 0 Å². The summed E-state index contributed by atoms with van der Waals surface area (Å²) in [4.78, 5) is 35.4. The first-order chi connectivity index (χ1) is 8.97. The molecule has 1 fully saturated rings. The smallest absolute Gasteiger partial charge is 0.318 e. The molecule has 0 aromatic carbocycles. The van der Waals surface area contributed by atoms with Crippen molar-refractivity contribution < 1.29 is 19.5 Å². The van der Waals surface area contributed by atoms with Crippen LogP contribution in [0.2, 0.25) is 0 Å². The highest BCUT2D eigenvalue weighted by molar-refractivity contribution is 5.84. The van der Waals surface area contributed by atoms with E-state index in [1.807, 2.05) is 0 Å². The van der Waals surface area contributed by atoms with Crippen LogP contribution in [-0.4, -0.2) is 54.1 Å². The number of nitrogens with zero attached hydrogens (tertiary/aromatic N) is 1. The summed E-state index contributed by atoms with van der Waals surface area (Å²) in [7, 11) is 1.51. The Balaban J connectivity index is 2.53. The minimum absolute atomic E-state index is 0.0245. The van der Waals surface area contributed by atoms with E-state index in [1.165, 1.54) is 11.9 Å². The Kier molecular flexibility index (Phi) is 5.59. The van der Waals surface area contributed by atoms with Gasteiger partial charge in [0.2, 0.25) is 5.91 Å². The molecule has 3 amide bonds. The largest absolute Gasteiger partial charge is 0.481 e. The molecule has 1 aliphatic rings. The van der Waals surface area contributed by atoms with Gasteiger partial charge >= 0.3 is 12.0 Å². The Labute approximate surface area is 112 Å². The van der Waals surface area contributed by atoms with Crippen molar-refractivity contribution in [3.8, 4) is 0 Å². The van der Waals surface area contributed by atoms with Crippen LogP contribution >= 0.6 is 0 Å². The molecule has 0 radical (unpaired) electrons. The maximum Gasteiger partial charge on any atom is 0.318 e. The molecule has 1 unspecified atom stereocenters. The third-order valence-electron chi connectivity index (χ3n) is 3.18. The fourth-order valence-corrected chi connectivity index (χ4v) is 1.85. The zero-order chi connectivity index (χ0) is 14.4. The fraction of sp³-hybridized carbons (Fsp3) is 0.750. The molecule has 0 spiro atoms. The van der Waals surface area contributed by atoms with Gasteiger partial charge in [-0.3, -0.25) is 9.59 Å². The Morgan fingerprint density at radius 3 is 2.42 bits per heavy atom. The Morgan fingerprint density at radius 1 is 1.37 bits per heavy atom. The maximum atomic E-state index is 12.0. The van der Waals surface area contributed by atoms with Gasteiger partial charge in [0.25, 0.3) is 0 Å². The number of carboxylic acid groups (broad SMARTS) is 1. The second-order valence-corrected chi connectivity index (χ2v) is 4.68. The molecule has 0 aromatic heterocycles. The monoisotopic (exact) mass is 271 g/mol. The molecule has 7 heteroatoms. The molecule has 108 valence electrons. The van der Waals surface area contributed by atoms with Crippen LogP contribution in [0.5, 0.6) is 0 Å². The number of aliphatic carboxylic acids is 1. The van der Waals surface area contributed by atoms with Crippen LogP contribution < -0.4 is 10.6 Å². The van der Waals surface area contributed by atoms with Gasteiger partial charge in [0, 0.05) is 19.6 Å². The van der Waals surface area contributed by atoms with Crippen LogP contribution in [0, 0.1) is 5.92 Å². The van der Waals surface area contributed by atoms with E-state index >= 15 is 0 Å². The maximum absolute atomic E-state index is 12.0. The summed E-state index contributed by atoms with van der Waals surface area (Å²) in [6.45, 7) is 2.14. The minimum atomic E-state index is -0.924. The molecule has 0 aliphatic heterocycles. The summed E-state index contributed by atoms with van der Waals surface area (Å²) < 4.78 is 0. The van der Waals surface area contributed by atoms with Gasteiger partial charge in [-0.05, 0) is 25.7 Å². The first kappa shape index (κ1) is 15.3. The second kappa shape index (κ2) is 6.96. The van der Waals surface area contributed by atoms with Crippen LogP contribution in [0.1, 0.15) is 26.2 Å². The molecule has 1 atom stereocenters. The fourth-order valence-electron chi connectivity index (χ4n) is 1.85. The Bertz CT molecular complexity index is 355. The van der Waals surface area contributed by atoms with Gasteiger partial charge in [0.1, 0.15) is 6.54 Å². The van der Waals surface area contributed by atoms with Gasteiger partial charge in [-0.2, -0.15) is 0 Å². The lowest BCUT2D eigenvalue weighted by Gasteiger charge is -2.24. The van der Waals surface area contributed by atoms with Crippen LogP contribution in [-0.2, 0) is 9.59 Å². The molecule has 1 rings (SSSR count). The number of urea groups is 1. The molecule has 0 bridgehead atoms. The van der Waals surface area contributed by atoms with Gasteiger partial charge < -0.3 is 20.6 Å². The molecular weight excluding hydrogens is 250 g/mol. The summed E-state index contributed by atoms with van der Waals surface area (Å²) in [5.41, 5.74) is 0. The third kappa shape index (κ3) is 5.15. The van der Waals surface area contributed by atoms with Crippen molar-refractivity contribution >= 4 is 17.9 Å². The second-order valence-electron chi connectivity index (χ2n) is 4.68. The summed E-state index contributed by atoms with van der Waals surface area (Å²) in [5, 5.41) is 14.0. The molecule has 0 saturated heterocycles. The predicted octanol–water partition coefficient (Wildman–Crippen LogP) is 0.0172. The number of nitrogens with one attached hydrogen (secondary N) is 2. The highest BCUT2D eigenvalue weighted by atomic mass is 16.4. The first-order valence-electron chi connectivity index (χ1n) is 6.45. The van der Waals surface area contributed by atoms with E-state index in [4.69, 9.17) is 5.11 Å². The van der Waals surface area contributed by atoms with E-state index in [2.05, 4.69) is 10.6 Å². The summed E-state index contributed by atoms with van der Waals surface area (Å²) in [6.07, 6.45) is 1.81. The molecule has 7 nitrogen and oxygen atoms in total. The molecule has 19 heavy (non-hydrogen) atoms. The van der Waals surface area contributed by atoms with E-state index in [9.17, 15) is 14.4 Å². The first-order valence-corrected chi connectivity index (χ1v) is 6.45. The van der Waals surface area contributed by atoms with Crippen molar-refractivity contribution in [2.45, 2.75) is 32.2 Å². The Hall–Kier alpha value is -1.79. The van der Waals surface area contributed by atoms with E-state index in [0.29, 0.717) is 6.54 Å². The van der Waals surface area contributed by atoms with Crippen molar-refractivity contribution in [1.29, 1.82) is 0 Å². The predicted molar refractivity (Wildman–Crippen MR) is 68.6 cm³/mol. The lowest BCUT2D eigenvalue weighted by molar-refractivity contribution is -0.137. The number of likely N-dealkylation sites (N-methyl/N-ethyl adjacent to an activating group) is 2. The normalized spacial score (nSPS) is 15.5. The van der Waals surface area contributed by atoms with Crippen molar-refractivity contribution in [1.82, 2.24) is 15.5 Å². The lowest BCUT2D eigenvalue weighted by atomic mass is 10.1. The van der Waals surface area contributed by atoms with E-state index in [0.717, 1.165) is 12.8 Å². The number of hydrogen-bond donors (Lipinski definition) is 3. The van der Waals surface area contributed by atoms with Gasteiger partial charge in [-0.25, -0.2) is 4.79 Å². The minimum Gasteiger partial charge on any atom is -0.481 e. The van der Waals surface area contributed by atoms with Crippen molar-refractivity contribution in [3.63, 3.8) is 0 Å². The van der Waals surface area contributed by atoms with Crippen LogP contribution in [0.4, 0.5) is 4.79 Å². The van der Waals surface area contributed by atoms with Gasteiger partial charge in [0.15, 0.2) is 0 Å². The van der Waals surface area contributed by atoms with Crippen molar-refractivity contribution in [2.75, 3.05) is 20.1 Å². The molecule has 0 heterocycles. The molecule has 0 aromatic rings.